The zero-order valence-electron chi connectivity index (χ0n) is 9.83. The third-order valence-corrected chi connectivity index (χ3v) is 3.59. The molecule has 86 valence electrons. The Kier molecular flexibility index (Phi) is 4.86. The van der Waals surface area contributed by atoms with E-state index in [4.69, 9.17) is 5.11 Å². The highest BCUT2D eigenvalue weighted by molar-refractivity contribution is 5.85. The van der Waals surface area contributed by atoms with Crippen molar-refractivity contribution in [3.05, 3.63) is 11.6 Å². The van der Waals surface area contributed by atoms with Crippen molar-refractivity contribution in [1.82, 2.24) is 0 Å². The number of allylic oxidation sites excluding steroid dienone is 1. The Hall–Kier alpha value is -0.790. The van der Waals surface area contributed by atoms with Crippen molar-refractivity contribution < 1.29 is 9.90 Å². The van der Waals surface area contributed by atoms with E-state index in [1.165, 1.54) is 32.1 Å². The van der Waals surface area contributed by atoms with Gasteiger partial charge in [-0.1, -0.05) is 45.1 Å². The van der Waals surface area contributed by atoms with Gasteiger partial charge in [0.15, 0.2) is 0 Å². The minimum absolute atomic E-state index is 0.484. The molecule has 1 atom stereocenters. The molecule has 1 rings (SSSR count). The van der Waals surface area contributed by atoms with Crippen LogP contribution in [0, 0.1) is 11.8 Å². The van der Waals surface area contributed by atoms with Crippen molar-refractivity contribution >= 4 is 5.97 Å². The van der Waals surface area contributed by atoms with Gasteiger partial charge < -0.3 is 5.11 Å². The Morgan fingerprint density at radius 1 is 1.40 bits per heavy atom. The standard InChI is InChI=1S/C13H22O2/c1-10(8-9-11(2)13(14)15)12-6-4-3-5-7-12/h9-10,12H,3-8H2,1-2H3,(H,14,15). The molecule has 1 fully saturated rings. The van der Waals surface area contributed by atoms with Crippen LogP contribution in [0.15, 0.2) is 11.6 Å². The molecule has 2 heteroatoms. The number of carbonyl (C=O) groups is 1. The molecule has 0 aromatic carbocycles. The van der Waals surface area contributed by atoms with Crippen LogP contribution in [0.1, 0.15) is 52.4 Å². The lowest BCUT2D eigenvalue weighted by atomic mass is 9.79. The summed E-state index contributed by atoms with van der Waals surface area (Å²) in [7, 11) is 0. The van der Waals surface area contributed by atoms with Crippen LogP contribution in [0.3, 0.4) is 0 Å². The van der Waals surface area contributed by atoms with Crippen LogP contribution in [0.25, 0.3) is 0 Å². The van der Waals surface area contributed by atoms with E-state index in [0.717, 1.165) is 12.3 Å². The first-order chi connectivity index (χ1) is 7.11. The molecule has 2 nitrogen and oxygen atoms in total. The van der Waals surface area contributed by atoms with E-state index in [9.17, 15) is 4.79 Å². The molecule has 0 radical (unpaired) electrons. The first kappa shape index (κ1) is 12.3. The van der Waals surface area contributed by atoms with Crippen LogP contribution in [-0.4, -0.2) is 11.1 Å². The topological polar surface area (TPSA) is 37.3 Å². The smallest absolute Gasteiger partial charge is 0.330 e. The molecular weight excluding hydrogens is 188 g/mol. The maximum absolute atomic E-state index is 10.6. The molecule has 0 aliphatic heterocycles. The molecule has 0 aromatic heterocycles. The molecular formula is C13H22O2. The van der Waals surface area contributed by atoms with Crippen molar-refractivity contribution in [2.45, 2.75) is 52.4 Å². The number of aliphatic carboxylic acids is 1. The molecule has 0 amide bonds. The lowest BCUT2D eigenvalue weighted by Gasteiger charge is -2.26. The Morgan fingerprint density at radius 3 is 2.53 bits per heavy atom. The summed E-state index contributed by atoms with van der Waals surface area (Å²) in [5.41, 5.74) is 0.484. The quantitative estimate of drug-likeness (QED) is 0.719. The average Bonchev–Trinajstić information content (AvgIpc) is 2.26. The maximum atomic E-state index is 10.6. The summed E-state index contributed by atoms with van der Waals surface area (Å²) in [6.45, 7) is 3.93. The monoisotopic (exact) mass is 210 g/mol. The molecule has 1 saturated carbocycles. The van der Waals surface area contributed by atoms with E-state index in [1.54, 1.807) is 6.92 Å². The van der Waals surface area contributed by atoms with Gasteiger partial charge in [0.1, 0.15) is 0 Å². The Morgan fingerprint density at radius 2 is 2.00 bits per heavy atom. The second-order valence-electron chi connectivity index (χ2n) is 4.80. The van der Waals surface area contributed by atoms with Crippen molar-refractivity contribution in [3.8, 4) is 0 Å². The molecule has 1 aliphatic rings. The van der Waals surface area contributed by atoms with Gasteiger partial charge in [0.25, 0.3) is 0 Å². The van der Waals surface area contributed by atoms with Crippen LogP contribution >= 0.6 is 0 Å². The lowest BCUT2D eigenvalue weighted by molar-refractivity contribution is -0.132. The molecule has 0 aromatic rings. The first-order valence-corrected chi connectivity index (χ1v) is 6.01. The molecule has 0 spiro atoms. The van der Waals surface area contributed by atoms with Gasteiger partial charge in [-0.3, -0.25) is 0 Å². The Balaban J connectivity index is 2.37. The van der Waals surface area contributed by atoms with E-state index < -0.39 is 5.97 Å². The van der Waals surface area contributed by atoms with Crippen LogP contribution in [0.2, 0.25) is 0 Å². The molecule has 1 aliphatic carbocycles. The summed E-state index contributed by atoms with van der Waals surface area (Å²) in [6, 6.07) is 0. The lowest BCUT2D eigenvalue weighted by Crippen LogP contribution is -2.15. The fourth-order valence-electron chi connectivity index (χ4n) is 2.35. The highest BCUT2D eigenvalue weighted by Gasteiger charge is 2.19. The van der Waals surface area contributed by atoms with Gasteiger partial charge in [0, 0.05) is 5.57 Å². The van der Waals surface area contributed by atoms with Crippen molar-refractivity contribution in [1.29, 1.82) is 0 Å². The second-order valence-corrected chi connectivity index (χ2v) is 4.80. The normalized spacial score (nSPS) is 21.3. The highest BCUT2D eigenvalue weighted by atomic mass is 16.4. The summed E-state index contributed by atoms with van der Waals surface area (Å²) < 4.78 is 0. The van der Waals surface area contributed by atoms with E-state index in [2.05, 4.69) is 6.92 Å². The summed E-state index contributed by atoms with van der Waals surface area (Å²) in [5, 5.41) is 8.74. The highest BCUT2D eigenvalue weighted by Crippen LogP contribution is 2.31. The predicted molar refractivity (Wildman–Crippen MR) is 61.7 cm³/mol. The third-order valence-electron chi connectivity index (χ3n) is 3.59. The SMILES string of the molecule is CC(=CCC(C)C1CCCCC1)C(=O)O. The van der Waals surface area contributed by atoms with E-state index >= 15 is 0 Å². The average molecular weight is 210 g/mol. The van der Waals surface area contributed by atoms with Gasteiger partial charge in [-0.25, -0.2) is 4.79 Å². The fraction of sp³-hybridized carbons (Fsp3) is 0.769. The van der Waals surface area contributed by atoms with Gasteiger partial charge in [-0.05, 0) is 25.2 Å². The summed E-state index contributed by atoms with van der Waals surface area (Å²) in [4.78, 5) is 10.6. The summed E-state index contributed by atoms with van der Waals surface area (Å²) in [5.74, 6) is 0.669. The van der Waals surface area contributed by atoms with Crippen LogP contribution in [0.5, 0.6) is 0 Å². The van der Waals surface area contributed by atoms with Crippen LogP contribution in [-0.2, 0) is 4.79 Å². The fourth-order valence-corrected chi connectivity index (χ4v) is 2.35. The zero-order valence-corrected chi connectivity index (χ0v) is 9.83. The zero-order chi connectivity index (χ0) is 11.3. The molecule has 1 N–H and O–H groups in total. The molecule has 0 heterocycles. The largest absolute Gasteiger partial charge is 0.478 e. The summed E-state index contributed by atoms with van der Waals surface area (Å²) >= 11 is 0. The molecule has 0 bridgehead atoms. The van der Waals surface area contributed by atoms with E-state index in [0.29, 0.717) is 11.5 Å². The molecule has 1 unspecified atom stereocenters. The van der Waals surface area contributed by atoms with E-state index in [1.807, 2.05) is 6.08 Å². The molecule has 15 heavy (non-hydrogen) atoms. The van der Waals surface area contributed by atoms with Gasteiger partial charge in [-0.15, -0.1) is 0 Å². The Bertz CT molecular complexity index is 237. The number of rotatable bonds is 4. The second kappa shape index (κ2) is 5.94. The van der Waals surface area contributed by atoms with Crippen LogP contribution < -0.4 is 0 Å². The van der Waals surface area contributed by atoms with Crippen molar-refractivity contribution in [2.75, 3.05) is 0 Å². The van der Waals surface area contributed by atoms with Crippen molar-refractivity contribution in [3.63, 3.8) is 0 Å². The number of hydrogen-bond donors (Lipinski definition) is 1. The predicted octanol–water partition coefficient (Wildman–Crippen LogP) is 3.62. The first-order valence-electron chi connectivity index (χ1n) is 6.01. The van der Waals surface area contributed by atoms with Crippen molar-refractivity contribution in [2.24, 2.45) is 11.8 Å². The minimum atomic E-state index is -0.786. The maximum Gasteiger partial charge on any atom is 0.330 e. The van der Waals surface area contributed by atoms with Gasteiger partial charge in [0.05, 0.1) is 0 Å². The Labute approximate surface area is 92.4 Å². The molecule has 0 saturated heterocycles. The number of carboxylic acid groups (broad SMARTS) is 1. The van der Waals surface area contributed by atoms with Crippen LogP contribution in [0.4, 0.5) is 0 Å². The van der Waals surface area contributed by atoms with Gasteiger partial charge in [0.2, 0.25) is 0 Å². The van der Waals surface area contributed by atoms with Gasteiger partial charge in [-0.2, -0.15) is 0 Å². The summed E-state index contributed by atoms with van der Waals surface area (Å²) in [6.07, 6.45) is 9.56. The number of carboxylic acids is 1. The number of hydrogen-bond acceptors (Lipinski definition) is 1. The van der Waals surface area contributed by atoms with Gasteiger partial charge >= 0.3 is 5.97 Å². The minimum Gasteiger partial charge on any atom is -0.478 e. The van der Waals surface area contributed by atoms with E-state index in [-0.39, 0.29) is 0 Å². The third kappa shape index (κ3) is 4.06.